The van der Waals surface area contributed by atoms with Crippen LogP contribution in [0, 0.1) is 28.6 Å². The molecule has 0 spiro atoms. The Morgan fingerprint density at radius 2 is 2.05 bits per heavy atom. The number of nitriles is 1. The van der Waals surface area contributed by atoms with E-state index in [0.29, 0.717) is 11.8 Å². The van der Waals surface area contributed by atoms with Crippen molar-refractivity contribution in [3.63, 3.8) is 0 Å². The van der Waals surface area contributed by atoms with E-state index in [-0.39, 0.29) is 0 Å². The molecule has 0 aliphatic heterocycles. The lowest BCUT2D eigenvalue weighted by atomic mass is 9.59. The third kappa shape index (κ3) is 1.67. The number of aliphatic hydroxyl groups is 1. The van der Waals surface area contributed by atoms with E-state index >= 15 is 0 Å². The Kier molecular flexibility index (Phi) is 2.91. The number of benzene rings is 1. The Morgan fingerprint density at radius 1 is 1.19 bits per heavy atom. The zero-order valence-electron chi connectivity index (χ0n) is 12.5. The van der Waals surface area contributed by atoms with Crippen LogP contribution in [0.1, 0.15) is 56.1 Å². The van der Waals surface area contributed by atoms with E-state index in [0.717, 1.165) is 50.5 Å². The molecule has 2 saturated carbocycles. The fourth-order valence-electron chi connectivity index (χ4n) is 5.50. The maximum atomic E-state index is 11.8. The van der Waals surface area contributed by atoms with Gasteiger partial charge in [-0.25, -0.2) is 0 Å². The smallest absolute Gasteiger partial charge is 0.109 e. The van der Waals surface area contributed by atoms with Gasteiger partial charge >= 0.3 is 0 Å². The van der Waals surface area contributed by atoms with Crippen LogP contribution in [0.5, 0.6) is 0 Å². The Labute approximate surface area is 126 Å². The van der Waals surface area contributed by atoms with Gasteiger partial charge in [-0.2, -0.15) is 5.26 Å². The van der Waals surface area contributed by atoms with Crippen LogP contribution in [-0.2, 0) is 12.0 Å². The fourth-order valence-corrected chi connectivity index (χ4v) is 5.50. The number of fused-ring (bicyclic) bond motifs is 3. The zero-order chi connectivity index (χ0) is 14.5. The minimum absolute atomic E-state index is 0.392. The third-order valence-corrected chi connectivity index (χ3v) is 6.48. The Bertz CT molecular complexity index is 604. The standard InChI is InChI=1S/C19H23NO/c20-13-18(12-14-8-9-16(18)11-14)19(21)10-4-3-6-15-5-1-2-7-17(15)19/h1-2,5,7,14,16,21H,3-4,6,8-12H2. The first-order valence-electron chi connectivity index (χ1n) is 8.42. The van der Waals surface area contributed by atoms with Gasteiger partial charge in [0.05, 0.1) is 11.5 Å². The van der Waals surface area contributed by atoms with Crippen molar-refractivity contribution in [2.75, 3.05) is 0 Å². The van der Waals surface area contributed by atoms with Gasteiger partial charge in [-0.1, -0.05) is 30.7 Å². The lowest BCUT2D eigenvalue weighted by molar-refractivity contribution is -0.0950. The van der Waals surface area contributed by atoms with E-state index in [9.17, 15) is 10.4 Å². The molecular formula is C19H23NO. The summed E-state index contributed by atoms with van der Waals surface area (Å²) < 4.78 is 0. The largest absolute Gasteiger partial charge is 0.383 e. The van der Waals surface area contributed by atoms with E-state index < -0.39 is 11.0 Å². The molecule has 0 saturated heterocycles. The summed E-state index contributed by atoms with van der Waals surface area (Å²) in [5.74, 6) is 1.05. The van der Waals surface area contributed by atoms with Crippen LogP contribution >= 0.6 is 0 Å². The second kappa shape index (κ2) is 4.58. The topological polar surface area (TPSA) is 44.0 Å². The van der Waals surface area contributed by atoms with E-state index in [1.54, 1.807) is 0 Å². The highest BCUT2D eigenvalue weighted by atomic mass is 16.3. The van der Waals surface area contributed by atoms with Crippen molar-refractivity contribution < 1.29 is 5.11 Å². The van der Waals surface area contributed by atoms with Crippen LogP contribution in [-0.4, -0.2) is 5.11 Å². The first-order chi connectivity index (χ1) is 10.2. The maximum absolute atomic E-state index is 11.8. The summed E-state index contributed by atoms with van der Waals surface area (Å²) in [4.78, 5) is 0. The van der Waals surface area contributed by atoms with Crippen molar-refractivity contribution in [1.29, 1.82) is 5.26 Å². The van der Waals surface area contributed by atoms with Gasteiger partial charge in [-0.05, 0) is 67.9 Å². The third-order valence-electron chi connectivity index (χ3n) is 6.48. The Balaban J connectivity index is 1.88. The summed E-state index contributed by atoms with van der Waals surface area (Å²) in [5, 5.41) is 21.8. The van der Waals surface area contributed by atoms with Crippen molar-refractivity contribution >= 4 is 0 Å². The second-order valence-electron chi connectivity index (χ2n) is 7.39. The number of rotatable bonds is 1. The van der Waals surface area contributed by atoms with Crippen LogP contribution in [0.25, 0.3) is 0 Å². The summed E-state index contributed by atoms with van der Waals surface area (Å²) in [5.41, 5.74) is 0.830. The highest BCUT2D eigenvalue weighted by Crippen LogP contribution is 2.64. The Hall–Kier alpha value is -1.33. The fraction of sp³-hybridized carbons (Fsp3) is 0.632. The number of nitrogens with zero attached hydrogens (tertiary/aromatic N) is 1. The molecule has 4 unspecified atom stereocenters. The van der Waals surface area contributed by atoms with Gasteiger partial charge in [-0.3, -0.25) is 0 Å². The minimum Gasteiger partial charge on any atom is -0.383 e. The molecule has 1 N–H and O–H groups in total. The van der Waals surface area contributed by atoms with E-state index in [1.807, 2.05) is 6.07 Å². The summed E-state index contributed by atoms with van der Waals surface area (Å²) in [7, 11) is 0. The van der Waals surface area contributed by atoms with Gasteiger partial charge in [0, 0.05) is 0 Å². The Morgan fingerprint density at radius 3 is 2.76 bits per heavy atom. The summed E-state index contributed by atoms with van der Waals surface area (Å²) >= 11 is 0. The molecule has 2 bridgehead atoms. The lowest BCUT2D eigenvalue weighted by Crippen LogP contribution is -2.48. The molecule has 0 radical (unpaired) electrons. The molecular weight excluding hydrogens is 258 g/mol. The molecule has 2 heteroatoms. The molecule has 1 aromatic carbocycles. The van der Waals surface area contributed by atoms with Gasteiger partial charge < -0.3 is 5.11 Å². The molecule has 0 aromatic heterocycles. The van der Waals surface area contributed by atoms with Crippen LogP contribution in [0.15, 0.2) is 24.3 Å². The summed E-state index contributed by atoms with van der Waals surface area (Å²) in [6.45, 7) is 0. The normalized spacial score (nSPS) is 41.3. The predicted molar refractivity (Wildman–Crippen MR) is 81.4 cm³/mol. The minimum atomic E-state index is -0.936. The van der Waals surface area contributed by atoms with Gasteiger partial charge in [-0.15, -0.1) is 0 Å². The maximum Gasteiger partial charge on any atom is 0.109 e. The second-order valence-corrected chi connectivity index (χ2v) is 7.39. The molecule has 4 atom stereocenters. The van der Waals surface area contributed by atoms with Crippen molar-refractivity contribution in [3.05, 3.63) is 35.4 Å². The highest BCUT2D eigenvalue weighted by molar-refractivity contribution is 5.39. The molecule has 21 heavy (non-hydrogen) atoms. The first-order valence-corrected chi connectivity index (χ1v) is 8.42. The molecule has 1 aromatic rings. The number of hydrogen-bond acceptors (Lipinski definition) is 2. The van der Waals surface area contributed by atoms with Gasteiger partial charge in [0.1, 0.15) is 5.60 Å². The highest BCUT2D eigenvalue weighted by Gasteiger charge is 2.63. The van der Waals surface area contributed by atoms with E-state index in [1.165, 1.54) is 12.0 Å². The van der Waals surface area contributed by atoms with Crippen LogP contribution in [0.2, 0.25) is 0 Å². The molecule has 3 aliphatic carbocycles. The van der Waals surface area contributed by atoms with Crippen molar-refractivity contribution in [1.82, 2.24) is 0 Å². The molecule has 3 aliphatic rings. The average molecular weight is 281 g/mol. The molecule has 2 nitrogen and oxygen atoms in total. The summed E-state index contributed by atoms with van der Waals surface area (Å²) in [6, 6.07) is 10.9. The molecule has 0 amide bonds. The van der Waals surface area contributed by atoms with E-state index in [2.05, 4.69) is 24.3 Å². The van der Waals surface area contributed by atoms with Crippen molar-refractivity contribution in [3.8, 4) is 6.07 Å². The predicted octanol–water partition coefficient (Wildman–Crippen LogP) is 3.93. The van der Waals surface area contributed by atoms with Crippen molar-refractivity contribution in [2.24, 2.45) is 17.3 Å². The molecule has 2 fully saturated rings. The van der Waals surface area contributed by atoms with E-state index in [4.69, 9.17) is 0 Å². The zero-order valence-corrected chi connectivity index (χ0v) is 12.5. The van der Waals surface area contributed by atoms with Crippen LogP contribution in [0.4, 0.5) is 0 Å². The lowest BCUT2D eigenvalue weighted by Gasteiger charge is -2.46. The summed E-state index contributed by atoms with van der Waals surface area (Å²) in [6.07, 6.45) is 8.36. The van der Waals surface area contributed by atoms with Crippen molar-refractivity contribution in [2.45, 2.75) is 57.0 Å². The van der Waals surface area contributed by atoms with Gasteiger partial charge in [0.2, 0.25) is 0 Å². The first kappa shape index (κ1) is 13.3. The SMILES string of the molecule is N#CC1(C2(O)CCCCc3ccccc32)CC2CCC1C2. The molecule has 110 valence electrons. The van der Waals surface area contributed by atoms with Crippen LogP contribution < -0.4 is 0 Å². The van der Waals surface area contributed by atoms with Gasteiger partial charge in [0.25, 0.3) is 0 Å². The average Bonchev–Trinajstić information content (AvgIpc) is 3.08. The molecule has 4 rings (SSSR count). The quantitative estimate of drug-likeness (QED) is 0.793. The monoisotopic (exact) mass is 281 g/mol. The number of hydrogen-bond donors (Lipinski definition) is 1. The van der Waals surface area contributed by atoms with Crippen LogP contribution in [0.3, 0.4) is 0 Å². The van der Waals surface area contributed by atoms with Gasteiger partial charge in [0.15, 0.2) is 0 Å². The molecule has 0 heterocycles. The number of aryl methyl sites for hydroxylation is 1.